The number of methoxy groups -OCH3 is 1. The topological polar surface area (TPSA) is 38.8 Å². The van der Waals surface area contributed by atoms with Crippen LogP contribution in [0.3, 0.4) is 0 Å². The minimum Gasteiger partial charge on any atom is -0.496 e. The van der Waals surface area contributed by atoms with Gasteiger partial charge in [0.15, 0.2) is 0 Å². The third-order valence-corrected chi connectivity index (χ3v) is 4.72. The van der Waals surface area contributed by atoms with Crippen molar-refractivity contribution in [1.29, 1.82) is 0 Å². The molecule has 0 saturated carbocycles. The average molecular weight is 363 g/mol. The maximum Gasteiger partial charge on any atom is 0.343 e. The molecular weight excluding hydrogens is 338 g/mol. The Labute approximate surface area is 160 Å². The van der Waals surface area contributed by atoms with Crippen molar-refractivity contribution in [2.75, 3.05) is 25.1 Å². The Morgan fingerprint density at radius 1 is 1.07 bits per heavy atom. The fourth-order valence-electron chi connectivity index (χ4n) is 3.12. The first kappa shape index (κ1) is 18.8. The van der Waals surface area contributed by atoms with Crippen LogP contribution in [0.25, 0.3) is 11.8 Å². The number of cyclic esters (lactones) is 1. The van der Waals surface area contributed by atoms with Gasteiger partial charge >= 0.3 is 5.97 Å². The van der Waals surface area contributed by atoms with Crippen molar-refractivity contribution in [1.82, 2.24) is 0 Å². The van der Waals surface area contributed by atoms with E-state index in [0.29, 0.717) is 11.3 Å². The number of benzene rings is 2. The van der Waals surface area contributed by atoms with E-state index in [0.717, 1.165) is 41.2 Å². The Morgan fingerprint density at radius 3 is 2.41 bits per heavy atom. The molecule has 0 saturated heterocycles. The van der Waals surface area contributed by atoms with E-state index in [1.807, 2.05) is 55.5 Å². The molecule has 2 aromatic carbocycles. The second-order valence-electron chi connectivity index (χ2n) is 6.46. The third-order valence-electron chi connectivity index (χ3n) is 4.72. The van der Waals surface area contributed by atoms with Gasteiger partial charge in [-0.05, 0) is 45.1 Å². The first-order valence-electron chi connectivity index (χ1n) is 9.21. The highest BCUT2D eigenvalue weighted by atomic mass is 16.5. The lowest BCUT2D eigenvalue weighted by molar-refractivity contribution is -0.130. The molecule has 0 unspecified atom stereocenters. The number of hydrogen-bond acceptors (Lipinski definition) is 4. The van der Waals surface area contributed by atoms with Crippen LogP contribution in [0.5, 0.6) is 5.75 Å². The molecule has 1 heterocycles. The molecule has 0 aromatic heterocycles. The van der Waals surface area contributed by atoms with E-state index in [1.165, 1.54) is 0 Å². The van der Waals surface area contributed by atoms with Crippen LogP contribution < -0.4 is 9.64 Å². The lowest BCUT2D eigenvalue weighted by Crippen LogP contribution is -2.21. The second kappa shape index (κ2) is 8.12. The van der Waals surface area contributed by atoms with Crippen molar-refractivity contribution in [2.45, 2.75) is 20.8 Å². The average Bonchev–Trinajstić information content (AvgIpc) is 3.04. The lowest BCUT2D eigenvalue weighted by atomic mass is 10.1. The summed E-state index contributed by atoms with van der Waals surface area (Å²) in [6.07, 6.45) is 3.60. The third kappa shape index (κ3) is 4.05. The zero-order valence-electron chi connectivity index (χ0n) is 16.3. The molecule has 4 heteroatoms. The van der Waals surface area contributed by atoms with Crippen LogP contribution in [-0.4, -0.2) is 26.2 Å². The SMILES string of the molecule is CCN(CC)c1ccc(/C=C2\C=C(c3ccc(C)cc3)OC2=O)c(OC)c1. The summed E-state index contributed by atoms with van der Waals surface area (Å²) in [5, 5.41) is 0. The van der Waals surface area contributed by atoms with Crippen molar-refractivity contribution in [3.05, 3.63) is 70.8 Å². The molecule has 0 N–H and O–H groups in total. The van der Waals surface area contributed by atoms with Crippen LogP contribution in [0.15, 0.2) is 54.1 Å². The molecule has 0 spiro atoms. The predicted octanol–water partition coefficient (Wildman–Crippen LogP) is 4.83. The normalized spacial score (nSPS) is 14.9. The lowest BCUT2D eigenvalue weighted by Gasteiger charge is -2.22. The molecule has 0 bridgehead atoms. The van der Waals surface area contributed by atoms with Crippen molar-refractivity contribution >= 4 is 23.5 Å². The van der Waals surface area contributed by atoms with E-state index in [2.05, 4.69) is 18.7 Å². The molecule has 0 atom stereocenters. The Hall–Kier alpha value is -3.01. The fourth-order valence-corrected chi connectivity index (χ4v) is 3.12. The van der Waals surface area contributed by atoms with E-state index in [1.54, 1.807) is 13.2 Å². The van der Waals surface area contributed by atoms with E-state index >= 15 is 0 Å². The van der Waals surface area contributed by atoms with Gasteiger partial charge in [0.1, 0.15) is 11.5 Å². The number of aryl methyl sites for hydroxylation is 1. The van der Waals surface area contributed by atoms with Gasteiger partial charge in [-0.15, -0.1) is 0 Å². The van der Waals surface area contributed by atoms with Crippen molar-refractivity contribution < 1.29 is 14.3 Å². The van der Waals surface area contributed by atoms with Crippen LogP contribution >= 0.6 is 0 Å². The molecule has 1 aliphatic rings. The zero-order chi connectivity index (χ0) is 19.4. The quantitative estimate of drug-likeness (QED) is 0.544. The molecule has 3 rings (SSSR count). The van der Waals surface area contributed by atoms with E-state index in [9.17, 15) is 4.79 Å². The summed E-state index contributed by atoms with van der Waals surface area (Å²) in [5.74, 6) is 0.960. The van der Waals surface area contributed by atoms with Gasteiger partial charge in [-0.25, -0.2) is 4.79 Å². The summed E-state index contributed by atoms with van der Waals surface area (Å²) >= 11 is 0. The van der Waals surface area contributed by atoms with Gasteiger partial charge in [0, 0.05) is 36.0 Å². The van der Waals surface area contributed by atoms with E-state index < -0.39 is 0 Å². The fraction of sp³-hybridized carbons (Fsp3) is 0.261. The molecule has 1 aliphatic heterocycles. The van der Waals surface area contributed by atoms with Crippen LogP contribution in [0.1, 0.15) is 30.5 Å². The number of rotatable bonds is 6. The summed E-state index contributed by atoms with van der Waals surface area (Å²) < 4.78 is 11.0. The minimum atomic E-state index is -0.347. The highest BCUT2D eigenvalue weighted by molar-refractivity contribution is 6.05. The molecular formula is C23H25NO3. The molecule has 27 heavy (non-hydrogen) atoms. The standard InChI is InChI=1S/C23H25NO3/c1-5-24(6-2)20-12-11-18(21(15-20)26-4)13-19-14-22(27-23(19)25)17-9-7-16(3)8-10-17/h7-15H,5-6H2,1-4H3/b19-13+. The predicted molar refractivity (Wildman–Crippen MR) is 110 cm³/mol. The van der Waals surface area contributed by atoms with Crippen molar-refractivity contribution in [3.8, 4) is 5.75 Å². The number of carbonyl (C=O) groups is 1. The van der Waals surface area contributed by atoms with Crippen LogP contribution in [0, 0.1) is 6.92 Å². The Balaban J connectivity index is 1.93. The summed E-state index contributed by atoms with van der Waals surface area (Å²) in [5.41, 5.74) is 4.52. The first-order valence-corrected chi connectivity index (χ1v) is 9.21. The molecule has 0 radical (unpaired) electrons. The van der Waals surface area contributed by atoms with E-state index in [-0.39, 0.29) is 5.97 Å². The zero-order valence-corrected chi connectivity index (χ0v) is 16.3. The number of esters is 1. The van der Waals surface area contributed by atoms with Crippen molar-refractivity contribution in [3.63, 3.8) is 0 Å². The van der Waals surface area contributed by atoms with Gasteiger partial charge in [0.25, 0.3) is 0 Å². The monoisotopic (exact) mass is 363 g/mol. The smallest absolute Gasteiger partial charge is 0.343 e. The van der Waals surface area contributed by atoms with Crippen LogP contribution in [0.2, 0.25) is 0 Å². The number of hydrogen-bond donors (Lipinski definition) is 0. The first-order chi connectivity index (χ1) is 13.0. The molecule has 2 aromatic rings. The number of ether oxygens (including phenoxy) is 2. The maximum absolute atomic E-state index is 12.3. The van der Waals surface area contributed by atoms with Gasteiger partial charge in [0.05, 0.1) is 12.7 Å². The van der Waals surface area contributed by atoms with E-state index in [4.69, 9.17) is 9.47 Å². The van der Waals surface area contributed by atoms with Gasteiger partial charge in [0.2, 0.25) is 0 Å². The summed E-state index contributed by atoms with van der Waals surface area (Å²) in [7, 11) is 1.64. The van der Waals surface area contributed by atoms with Gasteiger partial charge in [-0.3, -0.25) is 0 Å². The summed E-state index contributed by atoms with van der Waals surface area (Å²) in [6, 6.07) is 13.9. The summed E-state index contributed by atoms with van der Waals surface area (Å²) in [4.78, 5) is 14.6. The maximum atomic E-state index is 12.3. The molecule has 0 amide bonds. The molecule has 140 valence electrons. The number of nitrogens with zero attached hydrogens (tertiary/aromatic N) is 1. The largest absolute Gasteiger partial charge is 0.496 e. The number of anilines is 1. The molecule has 0 fully saturated rings. The number of carbonyl (C=O) groups excluding carboxylic acids is 1. The molecule has 4 nitrogen and oxygen atoms in total. The highest BCUT2D eigenvalue weighted by Gasteiger charge is 2.22. The Bertz CT molecular complexity index is 890. The minimum absolute atomic E-state index is 0.347. The van der Waals surface area contributed by atoms with Gasteiger partial charge in [-0.1, -0.05) is 29.8 Å². The van der Waals surface area contributed by atoms with Gasteiger partial charge < -0.3 is 14.4 Å². The highest BCUT2D eigenvalue weighted by Crippen LogP contribution is 2.31. The second-order valence-corrected chi connectivity index (χ2v) is 6.46. The Kier molecular flexibility index (Phi) is 5.65. The van der Waals surface area contributed by atoms with Gasteiger partial charge in [-0.2, -0.15) is 0 Å². The molecule has 0 aliphatic carbocycles. The Morgan fingerprint density at radius 2 is 1.78 bits per heavy atom. The van der Waals surface area contributed by atoms with Crippen LogP contribution in [-0.2, 0) is 9.53 Å². The van der Waals surface area contributed by atoms with Crippen LogP contribution in [0.4, 0.5) is 5.69 Å². The summed E-state index contributed by atoms with van der Waals surface area (Å²) in [6.45, 7) is 8.12. The van der Waals surface area contributed by atoms with Crippen molar-refractivity contribution in [2.24, 2.45) is 0 Å².